The molecule has 1 amide bonds. The Bertz CT molecular complexity index is 936. The number of rotatable bonds is 7. The molecule has 1 heterocycles. The summed E-state index contributed by atoms with van der Waals surface area (Å²) in [7, 11) is -2.06. The summed E-state index contributed by atoms with van der Waals surface area (Å²) in [6.45, 7) is 3.19. The van der Waals surface area contributed by atoms with Crippen LogP contribution in [-0.4, -0.2) is 63.4 Å². The topological polar surface area (TPSA) is 76.2 Å². The molecule has 1 aliphatic rings. The van der Waals surface area contributed by atoms with Crippen LogP contribution in [0.4, 0.5) is 0 Å². The Morgan fingerprint density at radius 2 is 1.69 bits per heavy atom. The number of hydrogen-bond donors (Lipinski definition) is 0. The van der Waals surface area contributed by atoms with Crippen LogP contribution in [-0.2, 0) is 21.2 Å². The van der Waals surface area contributed by atoms with Crippen molar-refractivity contribution in [1.29, 1.82) is 0 Å². The lowest BCUT2D eigenvalue weighted by molar-refractivity contribution is -0.134. The third-order valence-corrected chi connectivity index (χ3v) is 6.87. The van der Waals surface area contributed by atoms with Crippen molar-refractivity contribution in [3.8, 4) is 11.5 Å². The molecule has 3 rings (SSSR count). The van der Waals surface area contributed by atoms with Gasteiger partial charge in [-0.05, 0) is 48.4 Å². The number of ether oxygens (including phenoxy) is 2. The molecular weight excluding hydrogens is 392 g/mol. The van der Waals surface area contributed by atoms with Gasteiger partial charge in [-0.3, -0.25) is 4.79 Å². The zero-order valence-corrected chi connectivity index (χ0v) is 17.5. The van der Waals surface area contributed by atoms with Gasteiger partial charge in [0, 0.05) is 26.2 Å². The SMILES string of the molecule is CCc1cccc(OCC(=O)N2CCN(S(=O)(=O)c3ccc(OC)cc3)CC2)c1. The lowest BCUT2D eigenvalue weighted by atomic mass is 10.2. The first kappa shape index (κ1) is 21.1. The number of carbonyl (C=O) groups is 1. The summed E-state index contributed by atoms with van der Waals surface area (Å²) in [6.07, 6.45) is 0.899. The highest BCUT2D eigenvalue weighted by atomic mass is 32.2. The van der Waals surface area contributed by atoms with Crippen molar-refractivity contribution in [3.63, 3.8) is 0 Å². The maximum absolute atomic E-state index is 12.8. The molecule has 0 unspecified atom stereocenters. The molecule has 0 aromatic heterocycles. The minimum absolute atomic E-state index is 0.0571. The third kappa shape index (κ3) is 5.07. The van der Waals surface area contributed by atoms with Gasteiger partial charge < -0.3 is 14.4 Å². The fourth-order valence-corrected chi connectivity index (χ4v) is 4.59. The summed E-state index contributed by atoms with van der Waals surface area (Å²) in [5, 5.41) is 0. The van der Waals surface area contributed by atoms with Gasteiger partial charge in [0.2, 0.25) is 10.0 Å². The van der Waals surface area contributed by atoms with Gasteiger partial charge in [-0.25, -0.2) is 8.42 Å². The molecular formula is C21H26N2O5S. The number of amides is 1. The summed E-state index contributed by atoms with van der Waals surface area (Å²) in [4.78, 5) is 14.3. The van der Waals surface area contributed by atoms with Gasteiger partial charge in [0.05, 0.1) is 12.0 Å². The van der Waals surface area contributed by atoms with Gasteiger partial charge >= 0.3 is 0 Å². The molecule has 1 fully saturated rings. The number of aryl methyl sites for hydroxylation is 1. The number of benzene rings is 2. The van der Waals surface area contributed by atoms with E-state index < -0.39 is 10.0 Å². The van der Waals surface area contributed by atoms with Crippen molar-refractivity contribution < 1.29 is 22.7 Å². The van der Waals surface area contributed by atoms with E-state index in [4.69, 9.17) is 9.47 Å². The largest absolute Gasteiger partial charge is 0.497 e. The van der Waals surface area contributed by atoms with Gasteiger partial charge in [-0.2, -0.15) is 4.31 Å². The highest BCUT2D eigenvalue weighted by Gasteiger charge is 2.30. The van der Waals surface area contributed by atoms with E-state index in [1.54, 1.807) is 17.0 Å². The Morgan fingerprint density at radius 1 is 1.00 bits per heavy atom. The van der Waals surface area contributed by atoms with Crippen molar-refractivity contribution in [2.45, 2.75) is 18.2 Å². The first-order chi connectivity index (χ1) is 13.9. The molecule has 0 saturated carbocycles. The molecule has 2 aromatic carbocycles. The predicted octanol–water partition coefficient (Wildman–Crippen LogP) is 2.17. The van der Waals surface area contributed by atoms with Crippen molar-refractivity contribution in [2.75, 3.05) is 39.9 Å². The molecule has 0 aliphatic carbocycles. The van der Waals surface area contributed by atoms with Gasteiger partial charge in [0.25, 0.3) is 5.91 Å². The van der Waals surface area contributed by atoms with Crippen LogP contribution >= 0.6 is 0 Å². The lowest BCUT2D eigenvalue weighted by Crippen LogP contribution is -2.51. The van der Waals surface area contributed by atoms with Crippen LogP contribution in [0.5, 0.6) is 11.5 Å². The van der Waals surface area contributed by atoms with E-state index in [0.717, 1.165) is 12.0 Å². The number of piperazine rings is 1. The first-order valence-corrected chi connectivity index (χ1v) is 11.0. The monoisotopic (exact) mass is 418 g/mol. The molecule has 2 aromatic rings. The standard InChI is InChI=1S/C21H26N2O5S/c1-3-17-5-4-6-19(15-17)28-16-21(24)22-11-13-23(14-12-22)29(25,26)20-9-7-18(27-2)8-10-20/h4-10,15H,3,11-14,16H2,1-2H3. The molecule has 0 N–H and O–H groups in total. The van der Waals surface area contributed by atoms with Crippen LogP contribution in [0.1, 0.15) is 12.5 Å². The van der Waals surface area contributed by atoms with E-state index in [1.165, 1.54) is 23.5 Å². The van der Waals surface area contributed by atoms with Crippen LogP contribution in [0.2, 0.25) is 0 Å². The van der Waals surface area contributed by atoms with Crippen LogP contribution < -0.4 is 9.47 Å². The van der Waals surface area contributed by atoms with E-state index >= 15 is 0 Å². The first-order valence-electron chi connectivity index (χ1n) is 9.57. The Hall–Kier alpha value is -2.58. The quantitative estimate of drug-likeness (QED) is 0.689. The number of sulfonamides is 1. The number of carbonyl (C=O) groups excluding carboxylic acids is 1. The number of methoxy groups -OCH3 is 1. The molecule has 1 saturated heterocycles. The van der Waals surface area contributed by atoms with Crippen molar-refractivity contribution in [3.05, 3.63) is 54.1 Å². The molecule has 156 valence electrons. The summed E-state index contributed by atoms with van der Waals surface area (Å²) >= 11 is 0. The minimum Gasteiger partial charge on any atom is -0.497 e. The Kier molecular flexibility index (Phi) is 6.76. The molecule has 0 radical (unpaired) electrons. The second-order valence-electron chi connectivity index (χ2n) is 6.75. The van der Waals surface area contributed by atoms with Crippen LogP contribution in [0.25, 0.3) is 0 Å². The van der Waals surface area contributed by atoms with Crippen LogP contribution in [0.3, 0.4) is 0 Å². The second kappa shape index (κ2) is 9.28. The van der Waals surface area contributed by atoms with Gasteiger partial charge in [0.1, 0.15) is 11.5 Å². The molecule has 1 aliphatic heterocycles. The number of nitrogens with zero attached hydrogens (tertiary/aromatic N) is 2. The predicted molar refractivity (Wildman–Crippen MR) is 110 cm³/mol. The Labute approximate surface area is 171 Å². The molecule has 7 nitrogen and oxygen atoms in total. The smallest absolute Gasteiger partial charge is 0.260 e. The van der Waals surface area contributed by atoms with Gasteiger partial charge in [-0.1, -0.05) is 19.1 Å². The molecule has 8 heteroatoms. The summed E-state index contributed by atoms with van der Waals surface area (Å²) in [5.41, 5.74) is 1.15. The normalized spacial score (nSPS) is 15.2. The number of hydrogen-bond acceptors (Lipinski definition) is 5. The lowest BCUT2D eigenvalue weighted by Gasteiger charge is -2.34. The summed E-state index contributed by atoms with van der Waals surface area (Å²) < 4.78 is 37.7. The van der Waals surface area contributed by atoms with Crippen LogP contribution in [0.15, 0.2) is 53.4 Å². The van der Waals surface area contributed by atoms with E-state index in [2.05, 4.69) is 6.92 Å². The molecule has 29 heavy (non-hydrogen) atoms. The van der Waals surface area contributed by atoms with Crippen molar-refractivity contribution >= 4 is 15.9 Å². The maximum atomic E-state index is 12.8. The fourth-order valence-electron chi connectivity index (χ4n) is 3.17. The maximum Gasteiger partial charge on any atom is 0.260 e. The van der Waals surface area contributed by atoms with Gasteiger partial charge in [-0.15, -0.1) is 0 Å². The van der Waals surface area contributed by atoms with Crippen LogP contribution in [0, 0.1) is 0 Å². The molecule has 0 spiro atoms. The zero-order chi connectivity index (χ0) is 20.9. The minimum atomic E-state index is -3.59. The summed E-state index contributed by atoms with van der Waals surface area (Å²) in [5.74, 6) is 1.12. The second-order valence-corrected chi connectivity index (χ2v) is 8.69. The molecule has 0 bridgehead atoms. The fraction of sp³-hybridized carbons (Fsp3) is 0.381. The average Bonchev–Trinajstić information content (AvgIpc) is 2.77. The highest BCUT2D eigenvalue weighted by Crippen LogP contribution is 2.21. The van der Waals surface area contributed by atoms with E-state index in [-0.39, 0.29) is 30.5 Å². The van der Waals surface area contributed by atoms with E-state index in [9.17, 15) is 13.2 Å². The third-order valence-electron chi connectivity index (χ3n) is 4.96. The van der Waals surface area contributed by atoms with Crippen molar-refractivity contribution in [1.82, 2.24) is 9.21 Å². The van der Waals surface area contributed by atoms with E-state index in [1.807, 2.05) is 24.3 Å². The molecule has 0 atom stereocenters. The highest BCUT2D eigenvalue weighted by molar-refractivity contribution is 7.89. The zero-order valence-electron chi connectivity index (χ0n) is 16.7. The average molecular weight is 419 g/mol. The van der Waals surface area contributed by atoms with Crippen molar-refractivity contribution in [2.24, 2.45) is 0 Å². The Balaban J connectivity index is 1.54. The van der Waals surface area contributed by atoms with Gasteiger partial charge in [0.15, 0.2) is 6.61 Å². The van der Waals surface area contributed by atoms with E-state index in [0.29, 0.717) is 24.6 Å². The Morgan fingerprint density at radius 3 is 2.31 bits per heavy atom. The summed E-state index contributed by atoms with van der Waals surface area (Å²) in [6, 6.07) is 14.0.